The fourth-order valence-electron chi connectivity index (χ4n) is 2.63. The number of hydrogen-bond acceptors (Lipinski definition) is 1. The molecule has 2 heteroatoms. The average molecular weight is 343 g/mol. The van der Waals surface area contributed by atoms with Gasteiger partial charge in [0, 0.05) is 15.3 Å². The van der Waals surface area contributed by atoms with Gasteiger partial charge in [0.05, 0.1) is 0 Å². The van der Waals surface area contributed by atoms with E-state index in [1.807, 2.05) is 0 Å². The van der Waals surface area contributed by atoms with Gasteiger partial charge in [-0.1, -0.05) is 19.4 Å². The summed E-state index contributed by atoms with van der Waals surface area (Å²) in [4.78, 5) is 0. The van der Waals surface area contributed by atoms with E-state index < -0.39 is 0 Å². The Bertz CT molecular complexity index is 367. The van der Waals surface area contributed by atoms with Gasteiger partial charge >= 0.3 is 0 Å². The molecule has 0 unspecified atom stereocenters. The number of benzene rings is 1. The van der Waals surface area contributed by atoms with Crippen LogP contribution in [0.2, 0.25) is 0 Å². The molecule has 17 heavy (non-hydrogen) atoms. The van der Waals surface area contributed by atoms with Gasteiger partial charge < -0.3 is 5.32 Å². The third-order valence-electron chi connectivity index (χ3n) is 3.97. The molecule has 1 aromatic rings. The monoisotopic (exact) mass is 343 g/mol. The highest BCUT2D eigenvalue weighted by Crippen LogP contribution is 2.29. The van der Waals surface area contributed by atoms with Crippen LogP contribution in [0.4, 0.5) is 5.69 Å². The number of aryl methyl sites for hydroxylation is 1. The van der Waals surface area contributed by atoms with Crippen molar-refractivity contribution in [1.82, 2.24) is 0 Å². The number of nitrogens with one attached hydrogen (secondary N) is 1. The van der Waals surface area contributed by atoms with Crippen molar-refractivity contribution in [3.05, 3.63) is 27.3 Å². The van der Waals surface area contributed by atoms with E-state index in [-0.39, 0.29) is 0 Å². The molecule has 2 rings (SSSR count). The molecule has 94 valence electrons. The van der Waals surface area contributed by atoms with Gasteiger partial charge in [-0.05, 0) is 78.8 Å². The van der Waals surface area contributed by atoms with E-state index in [0.717, 1.165) is 5.92 Å². The van der Waals surface area contributed by atoms with Crippen LogP contribution < -0.4 is 5.32 Å². The fourth-order valence-corrected chi connectivity index (χ4v) is 3.15. The first-order chi connectivity index (χ1) is 8.19. The molecule has 0 atom stereocenters. The number of halogens is 1. The van der Waals surface area contributed by atoms with Gasteiger partial charge in [-0.25, -0.2) is 0 Å². The lowest BCUT2D eigenvalue weighted by Crippen LogP contribution is -2.25. The zero-order valence-corrected chi connectivity index (χ0v) is 13.0. The molecular weight excluding hydrogens is 321 g/mol. The number of anilines is 1. The average Bonchev–Trinajstić information content (AvgIpc) is 2.35. The van der Waals surface area contributed by atoms with E-state index in [9.17, 15) is 0 Å². The molecule has 1 N–H and O–H groups in total. The third kappa shape index (κ3) is 3.60. The molecule has 1 aliphatic carbocycles. The summed E-state index contributed by atoms with van der Waals surface area (Å²) in [6.45, 7) is 4.48. The maximum absolute atomic E-state index is 3.69. The zero-order valence-electron chi connectivity index (χ0n) is 10.8. The largest absolute Gasteiger partial charge is 0.382 e. The second kappa shape index (κ2) is 6.07. The molecule has 0 aromatic heterocycles. The Labute approximate surface area is 119 Å². The predicted molar refractivity (Wildman–Crippen MR) is 83.6 cm³/mol. The normalized spacial score (nSPS) is 24.6. The van der Waals surface area contributed by atoms with Crippen molar-refractivity contribution in [2.45, 2.75) is 52.0 Å². The molecule has 0 radical (unpaired) electrons. The van der Waals surface area contributed by atoms with Crippen molar-refractivity contribution < 1.29 is 0 Å². The van der Waals surface area contributed by atoms with Crippen LogP contribution in [-0.2, 0) is 0 Å². The molecule has 0 amide bonds. The molecule has 1 saturated carbocycles. The first-order valence-electron chi connectivity index (χ1n) is 6.71. The predicted octanol–water partition coefficient (Wildman–Crippen LogP) is 4.98. The van der Waals surface area contributed by atoms with Crippen LogP contribution in [0.1, 0.15) is 44.6 Å². The van der Waals surface area contributed by atoms with Gasteiger partial charge in [0.1, 0.15) is 0 Å². The molecule has 1 aromatic carbocycles. The van der Waals surface area contributed by atoms with E-state index >= 15 is 0 Å². The maximum Gasteiger partial charge on any atom is 0.0353 e. The van der Waals surface area contributed by atoms with Crippen molar-refractivity contribution in [3.8, 4) is 0 Å². The summed E-state index contributed by atoms with van der Waals surface area (Å²) < 4.78 is 1.36. The summed E-state index contributed by atoms with van der Waals surface area (Å²) in [7, 11) is 0. The Hall–Kier alpha value is -0.250. The van der Waals surface area contributed by atoms with Crippen molar-refractivity contribution in [3.63, 3.8) is 0 Å². The van der Waals surface area contributed by atoms with Crippen LogP contribution in [0.15, 0.2) is 18.2 Å². The smallest absolute Gasteiger partial charge is 0.0353 e. The molecule has 1 aliphatic rings. The van der Waals surface area contributed by atoms with Crippen molar-refractivity contribution in [2.75, 3.05) is 5.32 Å². The van der Waals surface area contributed by atoms with E-state index in [4.69, 9.17) is 0 Å². The Kier molecular flexibility index (Phi) is 4.71. The first kappa shape index (κ1) is 13.2. The summed E-state index contributed by atoms with van der Waals surface area (Å²) >= 11 is 2.41. The van der Waals surface area contributed by atoms with E-state index in [0.29, 0.717) is 6.04 Å². The summed E-state index contributed by atoms with van der Waals surface area (Å²) in [5.74, 6) is 0.978. The second-order valence-corrected chi connectivity index (χ2v) is 6.40. The van der Waals surface area contributed by atoms with E-state index in [1.165, 1.54) is 46.9 Å². The molecule has 0 spiro atoms. The highest BCUT2D eigenvalue weighted by Gasteiger charge is 2.19. The van der Waals surface area contributed by atoms with Crippen LogP contribution >= 0.6 is 22.6 Å². The molecular formula is C15H22IN. The highest BCUT2D eigenvalue weighted by atomic mass is 127. The van der Waals surface area contributed by atoms with Crippen LogP contribution in [-0.4, -0.2) is 6.04 Å². The van der Waals surface area contributed by atoms with Gasteiger partial charge in [0.25, 0.3) is 0 Å². The summed E-state index contributed by atoms with van der Waals surface area (Å²) in [5, 5.41) is 3.69. The minimum Gasteiger partial charge on any atom is -0.382 e. The third-order valence-corrected chi connectivity index (χ3v) is 5.13. The van der Waals surface area contributed by atoms with Gasteiger partial charge in [0.2, 0.25) is 0 Å². The lowest BCUT2D eigenvalue weighted by Gasteiger charge is -2.29. The zero-order chi connectivity index (χ0) is 12.3. The summed E-state index contributed by atoms with van der Waals surface area (Å²) in [5.41, 5.74) is 2.66. The van der Waals surface area contributed by atoms with E-state index in [2.05, 4.69) is 60.0 Å². The van der Waals surface area contributed by atoms with Gasteiger partial charge in [-0.3, -0.25) is 0 Å². The highest BCUT2D eigenvalue weighted by molar-refractivity contribution is 14.1. The number of hydrogen-bond donors (Lipinski definition) is 1. The Balaban J connectivity index is 1.91. The van der Waals surface area contributed by atoms with Gasteiger partial charge in [-0.2, -0.15) is 0 Å². The summed E-state index contributed by atoms with van der Waals surface area (Å²) in [6, 6.07) is 7.38. The summed E-state index contributed by atoms with van der Waals surface area (Å²) in [6.07, 6.45) is 6.83. The SMILES string of the molecule is CCC1CCC(Nc2ccc(C)c(I)c2)CC1. The van der Waals surface area contributed by atoms with Crippen molar-refractivity contribution >= 4 is 28.3 Å². The van der Waals surface area contributed by atoms with Gasteiger partial charge in [-0.15, -0.1) is 0 Å². The van der Waals surface area contributed by atoms with Crippen LogP contribution in [0, 0.1) is 16.4 Å². The number of rotatable bonds is 3. The van der Waals surface area contributed by atoms with Crippen LogP contribution in [0.3, 0.4) is 0 Å². The fraction of sp³-hybridized carbons (Fsp3) is 0.600. The molecule has 1 nitrogen and oxygen atoms in total. The molecule has 0 bridgehead atoms. The molecule has 0 heterocycles. The van der Waals surface area contributed by atoms with Crippen molar-refractivity contribution in [1.29, 1.82) is 0 Å². The quantitative estimate of drug-likeness (QED) is 0.763. The second-order valence-electron chi connectivity index (χ2n) is 5.23. The minimum atomic E-state index is 0.691. The molecule has 1 fully saturated rings. The van der Waals surface area contributed by atoms with Crippen molar-refractivity contribution in [2.24, 2.45) is 5.92 Å². The standard InChI is InChI=1S/C15H22IN/c1-3-12-5-8-13(9-6-12)17-14-7-4-11(2)15(16)10-14/h4,7,10,12-13,17H,3,5-6,8-9H2,1-2H3. The van der Waals surface area contributed by atoms with Crippen LogP contribution in [0.5, 0.6) is 0 Å². The Morgan fingerprint density at radius 1 is 1.24 bits per heavy atom. The lowest BCUT2D eigenvalue weighted by molar-refractivity contribution is 0.330. The Morgan fingerprint density at radius 3 is 2.53 bits per heavy atom. The molecule has 0 aliphatic heterocycles. The first-order valence-corrected chi connectivity index (χ1v) is 7.79. The van der Waals surface area contributed by atoms with Gasteiger partial charge in [0.15, 0.2) is 0 Å². The Morgan fingerprint density at radius 2 is 1.94 bits per heavy atom. The maximum atomic E-state index is 3.69. The lowest BCUT2D eigenvalue weighted by atomic mass is 9.84. The minimum absolute atomic E-state index is 0.691. The molecule has 0 saturated heterocycles. The van der Waals surface area contributed by atoms with Crippen LogP contribution in [0.25, 0.3) is 0 Å². The topological polar surface area (TPSA) is 12.0 Å². The van der Waals surface area contributed by atoms with E-state index in [1.54, 1.807) is 0 Å².